The van der Waals surface area contributed by atoms with Crippen molar-refractivity contribution in [3.05, 3.63) is 17.5 Å². The van der Waals surface area contributed by atoms with Gasteiger partial charge < -0.3 is 5.11 Å². The van der Waals surface area contributed by atoms with E-state index in [1.807, 2.05) is 0 Å². The zero-order valence-electron chi connectivity index (χ0n) is 11.9. The van der Waals surface area contributed by atoms with Crippen LogP contribution in [0, 0.1) is 5.92 Å². The van der Waals surface area contributed by atoms with Gasteiger partial charge in [-0.25, -0.2) is 0 Å². The second-order valence-corrected chi connectivity index (χ2v) is 5.71. The molecule has 0 amide bonds. The summed E-state index contributed by atoms with van der Waals surface area (Å²) < 4.78 is 2.05. The van der Waals surface area contributed by atoms with Crippen LogP contribution in [0.1, 0.15) is 57.8 Å². The van der Waals surface area contributed by atoms with Crippen molar-refractivity contribution in [1.82, 2.24) is 9.78 Å². The Bertz CT molecular complexity index is 399. The summed E-state index contributed by atoms with van der Waals surface area (Å²) in [5.41, 5.74) is 1.85. The summed E-state index contributed by atoms with van der Waals surface area (Å²) in [7, 11) is 0. The average molecular weight is 250 g/mol. The first kappa shape index (κ1) is 13.6. The van der Waals surface area contributed by atoms with Gasteiger partial charge in [-0.1, -0.05) is 20.3 Å². The second kappa shape index (κ2) is 5.43. The van der Waals surface area contributed by atoms with Crippen molar-refractivity contribution in [3.63, 3.8) is 0 Å². The van der Waals surface area contributed by atoms with Crippen LogP contribution in [0.15, 0.2) is 6.07 Å². The second-order valence-electron chi connectivity index (χ2n) is 5.71. The quantitative estimate of drug-likeness (QED) is 0.872. The van der Waals surface area contributed by atoms with Gasteiger partial charge in [0, 0.05) is 18.7 Å². The molecular formula is C15H26N2O. The highest BCUT2D eigenvalue weighted by Crippen LogP contribution is 2.38. The summed E-state index contributed by atoms with van der Waals surface area (Å²) in [4.78, 5) is 0. The third-order valence-electron chi connectivity index (χ3n) is 4.35. The topological polar surface area (TPSA) is 38.0 Å². The fraction of sp³-hybridized carbons (Fsp3) is 0.800. The minimum Gasteiger partial charge on any atom is -0.389 e. The molecule has 3 heteroatoms. The number of hydrogen-bond donors (Lipinski definition) is 1. The summed E-state index contributed by atoms with van der Waals surface area (Å²) in [6, 6.07) is 2.17. The molecule has 102 valence electrons. The lowest BCUT2D eigenvalue weighted by Gasteiger charge is -2.23. The first-order valence-corrected chi connectivity index (χ1v) is 7.38. The molecule has 0 bridgehead atoms. The number of aliphatic hydroxyl groups is 1. The van der Waals surface area contributed by atoms with Crippen LogP contribution in [0.3, 0.4) is 0 Å². The Hall–Kier alpha value is -0.830. The van der Waals surface area contributed by atoms with Gasteiger partial charge >= 0.3 is 0 Å². The van der Waals surface area contributed by atoms with Crippen molar-refractivity contribution in [1.29, 1.82) is 0 Å². The lowest BCUT2D eigenvalue weighted by molar-refractivity contribution is 0.0416. The summed E-state index contributed by atoms with van der Waals surface area (Å²) in [5, 5.41) is 15.3. The van der Waals surface area contributed by atoms with Crippen LogP contribution in [0.5, 0.6) is 0 Å². The molecule has 1 saturated carbocycles. The number of nitrogens with zero attached hydrogens (tertiary/aromatic N) is 2. The molecule has 0 radical (unpaired) electrons. The first-order valence-electron chi connectivity index (χ1n) is 7.38. The van der Waals surface area contributed by atoms with Crippen molar-refractivity contribution in [2.75, 3.05) is 0 Å². The molecule has 1 aliphatic rings. The normalized spacial score (nSPS) is 27.9. The minimum atomic E-state index is -0.487. The van der Waals surface area contributed by atoms with Crippen LogP contribution in [0.4, 0.5) is 0 Å². The molecule has 0 spiro atoms. The summed E-state index contributed by atoms with van der Waals surface area (Å²) in [6.07, 6.45) is 6.01. The number of aromatic nitrogens is 2. The van der Waals surface area contributed by atoms with E-state index in [0.717, 1.165) is 37.9 Å². The lowest BCUT2D eigenvalue weighted by atomic mass is 9.93. The van der Waals surface area contributed by atoms with E-state index in [1.54, 1.807) is 0 Å². The van der Waals surface area contributed by atoms with E-state index in [9.17, 15) is 5.11 Å². The largest absolute Gasteiger partial charge is 0.389 e. The van der Waals surface area contributed by atoms with E-state index in [0.29, 0.717) is 5.92 Å². The Morgan fingerprint density at radius 3 is 2.78 bits per heavy atom. The SMILES string of the molecule is CCc1cc(CC2(O)CCC(CC)C2)n(CC)n1. The minimum absolute atomic E-state index is 0.487. The highest BCUT2D eigenvalue weighted by atomic mass is 16.3. The van der Waals surface area contributed by atoms with Crippen molar-refractivity contribution in [2.24, 2.45) is 5.92 Å². The Morgan fingerprint density at radius 1 is 1.44 bits per heavy atom. The first-order chi connectivity index (χ1) is 8.60. The third-order valence-corrected chi connectivity index (χ3v) is 4.35. The van der Waals surface area contributed by atoms with Gasteiger partial charge in [-0.15, -0.1) is 0 Å². The van der Waals surface area contributed by atoms with E-state index in [1.165, 1.54) is 18.5 Å². The van der Waals surface area contributed by atoms with Gasteiger partial charge in [0.1, 0.15) is 0 Å². The fourth-order valence-corrected chi connectivity index (χ4v) is 3.16. The van der Waals surface area contributed by atoms with Gasteiger partial charge in [0.2, 0.25) is 0 Å². The van der Waals surface area contributed by atoms with Crippen LogP contribution < -0.4 is 0 Å². The number of hydrogen-bond acceptors (Lipinski definition) is 2. The van der Waals surface area contributed by atoms with Crippen molar-refractivity contribution < 1.29 is 5.11 Å². The van der Waals surface area contributed by atoms with Gasteiger partial charge in [0.25, 0.3) is 0 Å². The maximum absolute atomic E-state index is 10.7. The van der Waals surface area contributed by atoms with Crippen LogP contribution in [-0.2, 0) is 19.4 Å². The molecule has 3 nitrogen and oxygen atoms in total. The van der Waals surface area contributed by atoms with Crippen LogP contribution >= 0.6 is 0 Å². The Labute approximate surface area is 110 Å². The molecule has 1 aromatic heterocycles. The standard InChI is InChI=1S/C15H26N2O/c1-4-12-7-8-15(18,10-12)11-14-9-13(5-2)16-17(14)6-3/h9,12,18H,4-8,10-11H2,1-3H3. The van der Waals surface area contributed by atoms with Crippen molar-refractivity contribution in [2.45, 2.75) is 71.4 Å². The molecule has 1 heterocycles. The molecule has 0 aliphatic heterocycles. The Balaban J connectivity index is 2.11. The predicted octanol–water partition coefficient (Wildman–Crippen LogP) is 2.95. The van der Waals surface area contributed by atoms with Gasteiger partial charge in [-0.05, 0) is 44.6 Å². The predicted molar refractivity (Wildman–Crippen MR) is 73.6 cm³/mol. The maximum atomic E-state index is 10.7. The monoisotopic (exact) mass is 250 g/mol. The average Bonchev–Trinajstić information content (AvgIpc) is 2.93. The van der Waals surface area contributed by atoms with Gasteiger partial charge in [0.15, 0.2) is 0 Å². The van der Waals surface area contributed by atoms with Crippen LogP contribution in [0.25, 0.3) is 0 Å². The molecule has 1 fully saturated rings. The molecule has 2 unspecified atom stereocenters. The molecule has 0 aromatic carbocycles. The summed E-state index contributed by atoms with van der Waals surface area (Å²) in [5.74, 6) is 0.707. The summed E-state index contributed by atoms with van der Waals surface area (Å²) in [6.45, 7) is 7.36. The molecule has 0 saturated heterocycles. The smallest absolute Gasteiger partial charge is 0.0705 e. The van der Waals surface area contributed by atoms with E-state index in [4.69, 9.17) is 0 Å². The van der Waals surface area contributed by atoms with Crippen LogP contribution in [0.2, 0.25) is 0 Å². The zero-order valence-corrected chi connectivity index (χ0v) is 11.9. The van der Waals surface area contributed by atoms with E-state index in [2.05, 4.69) is 36.6 Å². The van der Waals surface area contributed by atoms with Crippen molar-refractivity contribution in [3.8, 4) is 0 Å². The van der Waals surface area contributed by atoms with Crippen molar-refractivity contribution >= 4 is 0 Å². The molecule has 2 rings (SSSR count). The molecule has 1 N–H and O–H groups in total. The van der Waals surface area contributed by atoms with Gasteiger partial charge in [-0.2, -0.15) is 5.10 Å². The van der Waals surface area contributed by atoms with Gasteiger partial charge in [0.05, 0.1) is 11.3 Å². The molecule has 18 heavy (non-hydrogen) atoms. The fourth-order valence-electron chi connectivity index (χ4n) is 3.16. The zero-order chi connectivity index (χ0) is 13.2. The van der Waals surface area contributed by atoms with E-state index >= 15 is 0 Å². The summed E-state index contributed by atoms with van der Waals surface area (Å²) >= 11 is 0. The highest BCUT2D eigenvalue weighted by molar-refractivity contribution is 5.14. The molecule has 1 aliphatic carbocycles. The molecule has 2 atom stereocenters. The van der Waals surface area contributed by atoms with E-state index < -0.39 is 5.60 Å². The number of aryl methyl sites for hydroxylation is 2. The Morgan fingerprint density at radius 2 is 2.22 bits per heavy atom. The van der Waals surface area contributed by atoms with E-state index in [-0.39, 0.29) is 0 Å². The Kier molecular flexibility index (Phi) is 4.10. The maximum Gasteiger partial charge on any atom is 0.0705 e. The van der Waals surface area contributed by atoms with Crippen LogP contribution in [-0.4, -0.2) is 20.5 Å². The molecule has 1 aromatic rings. The third kappa shape index (κ3) is 2.77. The molecular weight excluding hydrogens is 224 g/mol. The van der Waals surface area contributed by atoms with Gasteiger partial charge in [-0.3, -0.25) is 4.68 Å². The number of rotatable bonds is 5. The lowest BCUT2D eigenvalue weighted by Crippen LogP contribution is -2.29. The highest BCUT2D eigenvalue weighted by Gasteiger charge is 2.37.